The molecular weight excluding hydrogens is 314 g/mol. The highest BCUT2D eigenvalue weighted by Crippen LogP contribution is 2.35. The number of rotatable bonds is 3. The normalized spacial score (nSPS) is 50.5. The van der Waals surface area contributed by atoms with E-state index in [2.05, 4.69) is 0 Å². The maximum Gasteiger partial charge on any atom is 0.228 e. The minimum Gasteiger partial charge on any atom is -0.506 e. The molecule has 2 fully saturated rings. The Morgan fingerprint density at radius 1 is 1.09 bits per heavy atom. The van der Waals surface area contributed by atoms with Gasteiger partial charge in [-0.15, -0.1) is 0 Å². The van der Waals surface area contributed by atoms with Crippen LogP contribution in [0.15, 0.2) is 12.0 Å². The van der Waals surface area contributed by atoms with Gasteiger partial charge >= 0.3 is 0 Å². The summed E-state index contributed by atoms with van der Waals surface area (Å²) >= 11 is 0. The Kier molecular flexibility index (Phi) is 4.51. The molecule has 10 nitrogen and oxygen atoms in total. The van der Waals surface area contributed by atoms with Gasteiger partial charge in [-0.2, -0.15) is 0 Å². The summed E-state index contributed by atoms with van der Waals surface area (Å²) in [6.45, 7) is -0.310. The van der Waals surface area contributed by atoms with Crippen LogP contribution in [0.25, 0.3) is 0 Å². The molecule has 0 bridgehead atoms. The molecule has 132 valence electrons. The Morgan fingerprint density at radius 2 is 1.78 bits per heavy atom. The molecule has 3 aliphatic rings. The summed E-state index contributed by atoms with van der Waals surface area (Å²) in [7, 11) is 0. The van der Waals surface area contributed by atoms with Gasteiger partial charge in [-0.1, -0.05) is 0 Å². The van der Waals surface area contributed by atoms with Gasteiger partial charge in [-0.3, -0.25) is 4.90 Å². The zero-order valence-electron chi connectivity index (χ0n) is 12.1. The second-order valence-electron chi connectivity index (χ2n) is 6.07. The van der Waals surface area contributed by atoms with Crippen molar-refractivity contribution in [1.29, 1.82) is 0 Å². The number of ether oxygens (including phenoxy) is 2. The van der Waals surface area contributed by atoms with Crippen molar-refractivity contribution in [2.45, 2.75) is 55.0 Å². The summed E-state index contributed by atoms with van der Waals surface area (Å²) in [6.07, 6.45) is -8.08. The Balaban J connectivity index is 1.70. The Labute approximate surface area is 131 Å². The van der Waals surface area contributed by atoms with Gasteiger partial charge in [0.2, 0.25) is 6.29 Å². The average Bonchev–Trinajstić information content (AvgIpc) is 2.96. The summed E-state index contributed by atoms with van der Waals surface area (Å²) in [6, 6.07) is -1.55. The summed E-state index contributed by atoms with van der Waals surface area (Å²) in [4.78, 5) is 1.55. The van der Waals surface area contributed by atoms with Crippen LogP contribution in [-0.4, -0.2) is 109 Å². The zero-order valence-corrected chi connectivity index (χ0v) is 12.1. The standard InChI is InChI=1S/C13H21NO9/c15-2-4-8(17)11(20)7-10(19)6(1-14(4)7)23-13-12(21)9(18)5(16)3-22-13/h3-4,6-13,15-21H,1-2H2/t4-,6+,7-,8-,9+,10-,11-,12?,13-/m1/s1. The number of aliphatic hydroxyl groups excluding tert-OH is 7. The van der Waals surface area contributed by atoms with Crippen molar-refractivity contribution in [3.63, 3.8) is 0 Å². The second-order valence-corrected chi connectivity index (χ2v) is 6.07. The molecule has 3 heterocycles. The molecule has 9 atom stereocenters. The van der Waals surface area contributed by atoms with E-state index in [1.54, 1.807) is 4.90 Å². The van der Waals surface area contributed by atoms with Crippen LogP contribution < -0.4 is 0 Å². The zero-order chi connectivity index (χ0) is 16.9. The van der Waals surface area contributed by atoms with E-state index in [1.165, 1.54) is 0 Å². The lowest BCUT2D eigenvalue weighted by atomic mass is 10.0. The fourth-order valence-corrected chi connectivity index (χ4v) is 3.47. The molecule has 0 amide bonds. The van der Waals surface area contributed by atoms with Crippen molar-refractivity contribution in [2.75, 3.05) is 13.2 Å². The first kappa shape index (κ1) is 16.9. The fourth-order valence-electron chi connectivity index (χ4n) is 3.47. The first-order valence-electron chi connectivity index (χ1n) is 7.33. The largest absolute Gasteiger partial charge is 0.506 e. The molecule has 3 aliphatic heterocycles. The van der Waals surface area contributed by atoms with Crippen molar-refractivity contribution < 1.29 is 45.2 Å². The third-order valence-corrected chi connectivity index (χ3v) is 4.75. The van der Waals surface area contributed by atoms with Gasteiger partial charge in [-0.25, -0.2) is 0 Å². The highest BCUT2D eigenvalue weighted by molar-refractivity contribution is 5.11. The summed E-state index contributed by atoms with van der Waals surface area (Å²) in [5.41, 5.74) is 0. The van der Waals surface area contributed by atoms with E-state index in [4.69, 9.17) is 9.47 Å². The lowest BCUT2D eigenvalue weighted by Crippen LogP contribution is -2.49. The van der Waals surface area contributed by atoms with Gasteiger partial charge in [0.15, 0.2) is 5.76 Å². The van der Waals surface area contributed by atoms with E-state index in [9.17, 15) is 35.7 Å². The van der Waals surface area contributed by atoms with Gasteiger partial charge < -0.3 is 45.2 Å². The van der Waals surface area contributed by atoms with Crippen LogP contribution in [0.4, 0.5) is 0 Å². The van der Waals surface area contributed by atoms with E-state index in [0.717, 1.165) is 6.26 Å². The molecule has 0 aromatic rings. The number of fused-ring (bicyclic) bond motifs is 1. The number of aliphatic hydroxyl groups is 7. The van der Waals surface area contributed by atoms with Gasteiger partial charge in [0.25, 0.3) is 0 Å². The van der Waals surface area contributed by atoms with Crippen LogP contribution in [-0.2, 0) is 9.47 Å². The molecule has 0 saturated carbocycles. The van der Waals surface area contributed by atoms with E-state index in [-0.39, 0.29) is 6.54 Å². The van der Waals surface area contributed by atoms with Crippen LogP contribution in [0.3, 0.4) is 0 Å². The van der Waals surface area contributed by atoms with Crippen LogP contribution in [0.1, 0.15) is 0 Å². The third kappa shape index (κ3) is 2.61. The Bertz CT molecular complexity index is 474. The lowest BCUT2D eigenvalue weighted by molar-refractivity contribution is -0.233. The topological polar surface area (TPSA) is 163 Å². The van der Waals surface area contributed by atoms with Gasteiger partial charge in [0.1, 0.15) is 24.6 Å². The molecule has 10 heteroatoms. The van der Waals surface area contributed by atoms with E-state index in [1.807, 2.05) is 0 Å². The van der Waals surface area contributed by atoms with E-state index in [0.29, 0.717) is 0 Å². The maximum absolute atomic E-state index is 10.3. The van der Waals surface area contributed by atoms with Crippen molar-refractivity contribution in [3.8, 4) is 0 Å². The highest BCUT2D eigenvalue weighted by atomic mass is 16.7. The van der Waals surface area contributed by atoms with Crippen molar-refractivity contribution >= 4 is 0 Å². The number of nitrogens with zero attached hydrogens (tertiary/aromatic N) is 1. The molecule has 7 N–H and O–H groups in total. The molecule has 1 unspecified atom stereocenters. The minimum absolute atomic E-state index is 0.0869. The number of hydrogen-bond donors (Lipinski definition) is 7. The second kappa shape index (κ2) is 6.15. The molecule has 0 aromatic carbocycles. The first-order valence-corrected chi connectivity index (χ1v) is 7.33. The quantitative estimate of drug-likeness (QED) is 0.270. The predicted molar refractivity (Wildman–Crippen MR) is 71.9 cm³/mol. The molecule has 0 aromatic heterocycles. The predicted octanol–water partition coefficient (Wildman–Crippen LogP) is -4.01. The van der Waals surface area contributed by atoms with Crippen molar-refractivity contribution in [2.24, 2.45) is 0 Å². The molecule has 2 saturated heterocycles. The molecule has 0 radical (unpaired) electrons. The molecular formula is C13H21NO9. The number of hydrogen-bond acceptors (Lipinski definition) is 10. The maximum atomic E-state index is 10.3. The fraction of sp³-hybridized carbons (Fsp3) is 0.846. The summed E-state index contributed by atoms with van der Waals surface area (Å²) in [5, 5.41) is 68.2. The van der Waals surface area contributed by atoms with Crippen LogP contribution in [0.2, 0.25) is 0 Å². The first-order chi connectivity index (χ1) is 10.9. The van der Waals surface area contributed by atoms with Gasteiger partial charge in [-0.05, 0) is 0 Å². The molecule has 3 rings (SSSR count). The van der Waals surface area contributed by atoms with E-state index >= 15 is 0 Å². The Hall–Kier alpha value is -0.980. The molecule has 23 heavy (non-hydrogen) atoms. The van der Waals surface area contributed by atoms with Gasteiger partial charge in [0.05, 0.1) is 37.0 Å². The van der Waals surface area contributed by atoms with Crippen LogP contribution in [0.5, 0.6) is 0 Å². The Morgan fingerprint density at radius 3 is 2.43 bits per heavy atom. The smallest absolute Gasteiger partial charge is 0.228 e. The molecule has 0 aliphatic carbocycles. The average molecular weight is 335 g/mol. The molecule has 0 spiro atoms. The minimum atomic E-state index is -1.57. The third-order valence-electron chi connectivity index (χ3n) is 4.75. The van der Waals surface area contributed by atoms with Crippen molar-refractivity contribution in [3.05, 3.63) is 12.0 Å². The summed E-state index contributed by atoms with van der Waals surface area (Å²) in [5.74, 6) is -0.538. The van der Waals surface area contributed by atoms with Crippen molar-refractivity contribution in [1.82, 2.24) is 4.90 Å². The monoisotopic (exact) mass is 335 g/mol. The van der Waals surface area contributed by atoms with Crippen LogP contribution >= 0.6 is 0 Å². The highest BCUT2D eigenvalue weighted by Gasteiger charge is 2.57. The SMILES string of the molecule is OC[C@@H]1[C@@H](O)[C@H](O)[C@H]2[C@H](O)[C@@H](O[C@H]3OC=C(O)[C@H](O)C3O)CN21. The van der Waals surface area contributed by atoms with Gasteiger partial charge in [0, 0.05) is 6.54 Å². The lowest BCUT2D eigenvalue weighted by Gasteiger charge is -2.32. The van der Waals surface area contributed by atoms with Crippen LogP contribution in [0, 0.1) is 0 Å². The van der Waals surface area contributed by atoms with E-state index < -0.39 is 67.4 Å². The summed E-state index contributed by atoms with van der Waals surface area (Å²) < 4.78 is 10.4.